The van der Waals surface area contributed by atoms with E-state index in [2.05, 4.69) is 0 Å². The van der Waals surface area contributed by atoms with Crippen LogP contribution in [0.5, 0.6) is 11.5 Å². The quantitative estimate of drug-likeness (QED) is 0.550. The predicted molar refractivity (Wildman–Crippen MR) is 114 cm³/mol. The second-order valence-electron chi connectivity index (χ2n) is 6.83. The van der Waals surface area contributed by atoms with Crippen molar-refractivity contribution in [3.05, 3.63) is 53.6 Å². The number of rotatable bonds is 9. The number of hydrogen-bond donors (Lipinski definition) is 0. The number of carbonyl (C=O) groups excluding carboxylic acids is 3. The van der Waals surface area contributed by atoms with Crippen LogP contribution in [0.3, 0.4) is 0 Å². The first-order valence-electron chi connectivity index (χ1n) is 9.74. The van der Waals surface area contributed by atoms with E-state index < -0.39 is 5.97 Å². The summed E-state index contributed by atoms with van der Waals surface area (Å²) in [6.45, 7) is 0.322. The third-order valence-corrected chi connectivity index (χ3v) is 4.89. The summed E-state index contributed by atoms with van der Waals surface area (Å²) in [4.78, 5) is 39.2. The van der Waals surface area contributed by atoms with E-state index in [1.165, 1.54) is 9.80 Å². The first kappa shape index (κ1) is 22.4. The molecule has 8 nitrogen and oxygen atoms in total. The molecule has 9 heteroatoms. The van der Waals surface area contributed by atoms with Crippen LogP contribution in [0, 0.1) is 0 Å². The van der Waals surface area contributed by atoms with Crippen molar-refractivity contribution in [2.24, 2.45) is 0 Å². The van der Waals surface area contributed by atoms with Gasteiger partial charge in [0.1, 0.15) is 18.1 Å². The Morgan fingerprint density at radius 3 is 2.68 bits per heavy atom. The fourth-order valence-electron chi connectivity index (χ4n) is 2.88. The first-order valence-corrected chi connectivity index (χ1v) is 10.1. The van der Waals surface area contributed by atoms with Gasteiger partial charge in [0.25, 0.3) is 11.8 Å². The zero-order valence-corrected chi connectivity index (χ0v) is 17.8. The maximum atomic E-state index is 12.2. The van der Waals surface area contributed by atoms with Crippen molar-refractivity contribution in [3.63, 3.8) is 0 Å². The molecule has 0 atom stereocenters. The molecule has 0 bridgehead atoms. The fraction of sp³-hybridized carbons (Fsp3) is 0.318. The average Bonchev–Trinajstić information content (AvgIpc) is 2.78. The standard InChI is InChI=1S/C22H23ClN2O6/c1-24(12-13-29-17-8-6-16(23)7-9-17)20(26)14-31-22(28)10-11-25-18-4-2-3-5-19(18)30-15-21(25)27/h2-9H,10-15H2,1H3. The van der Waals surface area contributed by atoms with Crippen LogP contribution in [-0.4, -0.2) is 62.6 Å². The molecule has 1 aliphatic rings. The number of fused-ring (bicyclic) bond motifs is 1. The molecule has 1 aliphatic heterocycles. The number of para-hydroxylation sites is 2. The smallest absolute Gasteiger partial charge is 0.308 e. The minimum atomic E-state index is -0.559. The molecule has 164 valence electrons. The van der Waals surface area contributed by atoms with Gasteiger partial charge in [0, 0.05) is 18.6 Å². The van der Waals surface area contributed by atoms with Crippen molar-refractivity contribution in [3.8, 4) is 11.5 Å². The van der Waals surface area contributed by atoms with Crippen LogP contribution in [0.4, 0.5) is 5.69 Å². The Hall–Kier alpha value is -3.26. The van der Waals surface area contributed by atoms with E-state index in [-0.39, 0.29) is 44.6 Å². The van der Waals surface area contributed by atoms with Crippen LogP contribution >= 0.6 is 11.6 Å². The molecule has 0 spiro atoms. The van der Waals surface area contributed by atoms with Gasteiger partial charge in [0.15, 0.2) is 13.2 Å². The zero-order chi connectivity index (χ0) is 22.2. The van der Waals surface area contributed by atoms with Gasteiger partial charge in [0.2, 0.25) is 0 Å². The third kappa shape index (κ3) is 6.36. The molecule has 1 heterocycles. The lowest BCUT2D eigenvalue weighted by molar-refractivity contribution is -0.151. The van der Waals surface area contributed by atoms with Crippen molar-refractivity contribution in [2.75, 3.05) is 44.9 Å². The van der Waals surface area contributed by atoms with E-state index in [1.807, 2.05) is 6.07 Å². The monoisotopic (exact) mass is 446 g/mol. The van der Waals surface area contributed by atoms with Gasteiger partial charge in [-0.3, -0.25) is 14.4 Å². The van der Waals surface area contributed by atoms with Gasteiger partial charge in [-0.15, -0.1) is 0 Å². The Labute approximate surface area is 185 Å². The molecular formula is C22H23ClN2O6. The van der Waals surface area contributed by atoms with Crippen LogP contribution in [0.2, 0.25) is 5.02 Å². The number of halogens is 1. The van der Waals surface area contributed by atoms with E-state index in [4.69, 9.17) is 25.8 Å². The molecule has 31 heavy (non-hydrogen) atoms. The highest BCUT2D eigenvalue weighted by atomic mass is 35.5. The van der Waals surface area contributed by atoms with E-state index in [1.54, 1.807) is 49.5 Å². The van der Waals surface area contributed by atoms with Gasteiger partial charge in [-0.25, -0.2) is 0 Å². The molecule has 2 aromatic rings. The van der Waals surface area contributed by atoms with Gasteiger partial charge in [-0.2, -0.15) is 0 Å². The SMILES string of the molecule is CN(CCOc1ccc(Cl)cc1)C(=O)COC(=O)CCN1C(=O)COc2ccccc21. The molecule has 0 saturated heterocycles. The summed E-state index contributed by atoms with van der Waals surface area (Å²) >= 11 is 5.82. The molecule has 0 saturated carbocycles. The number of nitrogens with zero attached hydrogens (tertiary/aromatic N) is 2. The Morgan fingerprint density at radius 1 is 1.16 bits per heavy atom. The number of esters is 1. The lowest BCUT2D eigenvalue weighted by Crippen LogP contribution is -2.40. The zero-order valence-electron chi connectivity index (χ0n) is 17.1. The van der Waals surface area contributed by atoms with Crippen LogP contribution in [0.1, 0.15) is 6.42 Å². The minimum Gasteiger partial charge on any atom is -0.492 e. The maximum absolute atomic E-state index is 12.2. The molecule has 0 aromatic heterocycles. The Kier molecular flexibility index (Phi) is 7.72. The van der Waals surface area contributed by atoms with Crippen LogP contribution < -0.4 is 14.4 Å². The molecule has 0 aliphatic carbocycles. The van der Waals surface area contributed by atoms with E-state index in [0.29, 0.717) is 28.8 Å². The van der Waals surface area contributed by atoms with Gasteiger partial charge in [0.05, 0.1) is 18.7 Å². The topological polar surface area (TPSA) is 85.4 Å². The van der Waals surface area contributed by atoms with E-state index in [9.17, 15) is 14.4 Å². The van der Waals surface area contributed by atoms with Gasteiger partial charge >= 0.3 is 5.97 Å². The minimum absolute atomic E-state index is 0.0310. The fourth-order valence-corrected chi connectivity index (χ4v) is 3.01. The second-order valence-corrected chi connectivity index (χ2v) is 7.27. The van der Waals surface area contributed by atoms with Crippen molar-refractivity contribution in [1.29, 1.82) is 0 Å². The van der Waals surface area contributed by atoms with Gasteiger partial charge in [-0.05, 0) is 36.4 Å². The van der Waals surface area contributed by atoms with Crippen molar-refractivity contribution in [1.82, 2.24) is 4.90 Å². The maximum Gasteiger partial charge on any atom is 0.308 e. The highest BCUT2D eigenvalue weighted by Gasteiger charge is 2.25. The highest BCUT2D eigenvalue weighted by Crippen LogP contribution is 2.31. The summed E-state index contributed by atoms with van der Waals surface area (Å²) in [6.07, 6.45) is -0.0310. The summed E-state index contributed by atoms with van der Waals surface area (Å²) < 4.78 is 16.0. The molecule has 0 fully saturated rings. The number of amides is 2. The predicted octanol–water partition coefficient (Wildman–Crippen LogP) is 2.54. The summed E-state index contributed by atoms with van der Waals surface area (Å²) in [5.41, 5.74) is 0.614. The van der Waals surface area contributed by atoms with Gasteiger partial charge < -0.3 is 24.0 Å². The number of carbonyl (C=O) groups is 3. The molecule has 2 aromatic carbocycles. The average molecular weight is 447 g/mol. The Balaban J connectivity index is 1.37. The van der Waals surface area contributed by atoms with E-state index in [0.717, 1.165) is 0 Å². The van der Waals surface area contributed by atoms with Crippen molar-refractivity contribution >= 4 is 35.1 Å². The second kappa shape index (κ2) is 10.7. The Morgan fingerprint density at radius 2 is 1.90 bits per heavy atom. The summed E-state index contributed by atoms with van der Waals surface area (Å²) in [6, 6.07) is 14.0. The lowest BCUT2D eigenvalue weighted by Gasteiger charge is -2.29. The normalized spacial score (nSPS) is 12.6. The van der Waals surface area contributed by atoms with Crippen LogP contribution in [-0.2, 0) is 19.1 Å². The molecule has 2 amide bonds. The summed E-state index contributed by atoms with van der Waals surface area (Å²) in [7, 11) is 1.60. The highest BCUT2D eigenvalue weighted by molar-refractivity contribution is 6.30. The van der Waals surface area contributed by atoms with Gasteiger partial charge in [-0.1, -0.05) is 23.7 Å². The Bertz CT molecular complexity index is 934. The summed E-state index contributed by atoms with van der Waals surface area (Å²) in [5.74, 6) is 0.101. The number of anilines is 1. The number of likely N-dealkylation sites (N-methyl/N-ethyl adjacent to an activating group) is 1. The molecule has 3 rings (SSSR count). The summed E-state index contributed by atoms with van der Waals surface area (Å²) in [5, 5.41) is 0.614. The lowest BCUT2D eigenvalue weighted by atomic mass is 10.2. The molecular weight excluding hydrogens is 424 g/mol. The van der Waals surface area contributed by atoms with E-state index >= 15 is 0 Å². The van der Waals surface area contributed by atoms with Crippen molar-refractivity contribution < 1.29 is 28.6 Å². The van der Waals surface area contributed by atoms with Crippen LogP contribution in [0.25, 0.3) is 0 Å². The number of benzene rings is 2. The first-order chi connectivity index (χ1) is 14.9. The number of ether oxygens (including phenoxy) is 3. The third-order valence-electron chi connectivity index (χ3n) is 4.64. The number of hydrogen-bond acceptors (Lipinski definition) is 6. The van der Waals surface area contributed by atoms with Crippen LogP contribution in [0.15, 0.2) is 48.5 Å². The van der Waals surface area contributed by atoms with Crippen molar-refractivity contribution in [2.45, 2.75) is 6.42 Å². The molecule has 0 radical (unpaired) electrons. The molecule has 0 N–H and O–H groups in total. The largest absolute Gasteiger partial charge is 0.492 e. The molecule has 0 unspecified atom stereocenters.